The first-order chi connectivity index (χ1) is 12.3. The minimum atomic E-state index is -1.48. The van der Waals surface area contributed by atoms with Crippen LogP contribution < -0.4 is 16.4 Å². The van der Waals surface area contributed by atoms with Crippen LogP contribution in [0.3, 0.4) is 0 Å². The number of rotatable bonds is 6. The number of hydrogen-bond acceptors (Lipinski definition) is 4. The lowest BCUT2D eigenvalue weighted by molar-refractivity contribution is -0.133. The van der Waals surface area contributed by atoms with Crippen LogP contribution in [0.15, 0.2) is 55.1 Å². The summed E-state index contributed by atoms with van der Waals surface area (Å²) in [6, 6.07) is 14.0. The Hall–Kier alpha value is -3.12. The van der Waals surface area contributed by atoms with E-state index in [1.165, 1.54) is 6.92 Å². The van der Waals surface area contributed by atoms with Crippen LogP contribution in [0.25, 0.3) is 5.70 Å². The number of aryl methyl sites for hydroxylation is 1. The Morgan fingerprint density at radius 2 is 1.42 bits per heavy atom. The third-order valence-corrected chi connectivity index (χ3v) is 4.00. The maximum Gasteiger partial charge on any atom is 0.254 e. The van der Waals surface area contributed by atoms with Gasteiger partial charge in [0.05, 0.1) is 5.92 Å². The Bertz CT molecular complexity index is 798. The Kier molecular flexibility index (Phi) is 6.14. The monoisotopic (exact) mass is 353 g/mol. The topological polar surface area (TPSA) is 104 Å². The van der Waals surface area contributed by atoms with Crippen LogP contribution >= 0.6 is 0 Å². The molecule has 0 fully saturated rings. The largest absolute Gasteiger partial charge is 0.399 e. The number of carbonyl (C=O) groups is 2. The summed E-state index contributed by atoms with van der Waals surface area (Å²) in [5.41, 5.74) is 8.93. The molecule has 6 nitrogen and oxygen atoms in total. The highest BCUT2D eigenvalue weighted by Crippen LogP contribution is 2.16. The molecule has 0 heterocycles. The molecular formula is C20H23N3O3. The number of anilines is 2. The second kappa shape index (κ2) is 8.31. The molecule has 2 rings (SSSR count). The maximum absolute atomic E-state index is 12.2. The van der Waals surface area contributed by atoms with Crippen LogP contribution in [0.2, 0.25) is 0 Å². The SMILES string of the molecule is C=C(N)c1ccc(NC(=O)[C@H](O)[C@@H](C)C(=O)Nc2ccc(C)cc2)cc1. The predicted molar refractivity (Wildman–Crippen MR) is 103 cm³/mol. The fourth-order valence-corrected chi connectivity index (χ4v) is 2.25. The van der Waals surface area contributed by atoms with E-state index in [9.17, 15) is 14.7 Å². The Morgan fingerprint density at radius 3 is 1.92 bits per heavy atom. The lowest BCUT2D eigenvalue weighted by atomic mass is 10.0. The van der Waals surface area contributed by atoms with E-state index in [0.717, 1.165) is 11.1 Å². The van der Waals surface area contributed by atoms with Crippen molar-refractivity contribution in [3.05, 3.63) is 66.2 Å². The first-order valence-corrected chi connectivity index (χ1v) is 8.19. The molecule has 2 aromatic carbocycles. The molecule has 5 N–H and O–H groups in total. The van der Waals surface area contributed by atoms with E-state index in [-0.39, 0.29) is 0 Å². The molecule has 136 valence electrons. The fourth-order valence-electron chi connectivity index (χ4n) is 2.25. The second-order valence-electron chi connectivity index (χ2n) is 6.18. The van der Waals surface area contributed by atoms with E-state index in [0.29, 0.717) is 17.1 Å². The molecule has 0 saturated carbocycles. The summed E-state index contributed by atoms with van der Waals surface area (Å²) in [5.74, 6) is -2.01. The molecule has 26 heavy (non-hydrogen) atoms. The molecule has 0 radical (unpaired) electrons. The summed E-state index contributed by atoms with van der Waals surface area (Å²) in [7, 11) is 0. The number of amides is 2. The molecule has 2 amide bonds. The van der Waals surface area contributed by atoms with E-state index >= 15 is 0 Å². The minimum absolute atomic E-state index is 0.421. The summed E-state index contributed by atoms with van der Waals surface area (Å²) >= 11 is 0. The molecule has 0 aliphatic rings. The number of carbonyl (C=O) groups excluding carboxylic acids is 2. The summed E-state index contributed by atoms with van der Waals surface area (Å²) in [6.07, 6.45) is -1.48. The van der Waals surface area contributed by atoms with Crippen LogP contribution in [0, 0.1) is 12.8 Å². The van der Waals surface area contributed by atoms with Crippen LogP contribution in [-0.4, -0.2) is 23.0 Å². The van der Waals surface area contributed by atoms with Crippen molar-refractivity contribution in [2.24, 2.45) is 11.7 Å². The van der Waals surface area contributed by atoms with Gasteiger partial charge in [0.25, 0.3) is 5.91 Å². The lowest BCUT2D eigenvalue weighted by Crippen LogP contribution is -2.39. The number of hydrogen-bond donors (Lipinski definition) is 4. The van der Waals surface area contributed by atoms with E-state index in [1.54, 1.807) is 36.4 Å². The molecule has 0 spiro atoms. The van der Waals surface area contributed by atoms with Gasteiger partial charge in [-0.15, -0.1) is 0 Å². The van der Waals surface area contributed by atoms with E-state index in [2.05, 4.69) is 17.2 Å². The number of aliphatic hydroxyl groups is 1. The molecule has 0 aromatic heterocycles. The molecule has 0 bridgehead atoms. The van der Waals surface area contributed by atoms with Crippen LogP contribution in [0.1, 0.15) is 18.1 Å². The zero-order chi connectivity index (χ0) is 19.3. The number of nitrogens with one attached hydrogen (secondary N) is 2. The van der Waals surface area contributed by atoms with Crippen LogP contribution in [0.5, 0.6) is 0 Å². The molecule has 0 saturated heterocycles. The maximum atomic E-state index is 12.2. The third-order valence-electron chi connectivity index (χ3n) is 4.00. The van der Waals surface area contributed by atoms with Gasteiger partial charge in [-0.2, -0.15) is 0 Å². The van der Waals surface area contributed by atoms with E-state index in [1.807, 2.05) is 19.1 Å². The van der Waals surface area contributed by atoms with Crippen molar-refractivity contribution in [3.8, 4) is 0 Å². The van der Waals surface area contributed by atoms with Gasteiger partial charge in [-0.1, -0.05) is 43.3 Å². The van der Waals surface area contributed by atoms with Gasteiger partial charge in [-0.25, -0.2) is 0 Å². The van der Waals surface area contributed by atoms with Gasteiger partial charge >= 0.3 is 0 Å². The molecular weight excluding hydrogens is 330 g/mol. The Morgan fingerprint density at radius 1 is 0.962 bits per heavy atom. The first-order valence-electron chi connectivity index (χ1n) is 8.19. The van der Waals surface area contributed by atoms with Gasteiger partial charge in [0.1, 0.15) is 6.10 Å². The van der Waals surface area contributed by atoms with E-state index < -0.39 is 23.8 Å². The lowest BCUT2D eigenvalue weighted by Gasteiger charge is -2.18. The van der Waals surface area contributed by atoms with E-state index in [4.69, 9.17) is 5.73 Å². The highest BCUT2D eigenvalue weighted by Gasteiger charge is 2.28. The number of nitrogens with two attached hydrogens (primary N) is 1. The molecule has 6 heteroatoms. The predicted octanol–water partition coefficient (Wildman–Crippen LogP) is 2.50. The van der Waals surface area contributed by atoms with Crippen molar-refractivity contribution >= 4 is 28.9 Å². The van der Waals surface area contributed by atoms with Crippen molar-refractivity contribution in [1.29, 1.82) is 0 Å². The smallest absolute Gasteiger partial charge is 0.254 e. The highest BCUT2D eigenvalue weighted by molar-refractivity contribution is 6.00. The zero-order valence-electron chi connectivity index (χ0n) is 14.8. The zero-order valence-corrected chi connectivity index (χ0v) is 14.8. The highest BCUT2D eigenvalue weighted by atomic mass is 16.3. The van der Waals surface area contributed by atoms with Gasteiger partial charge in [0.2, 0.25) is 5.91 Å². The third kappa shape index (κ3) is 4.94. The van der Waals surface area contributed by atoms with Crippen molar-refractivity contribution in [2.75, 3.05) is 10.6 Å². The number of aliphatic hydroxyl groups excluding tert-OH is 1. The van der Waals surface area contributed by atoms with Crippen LogP contribution in [-0.2, 0) is 9.59 Å². The Balaban J connectivity index is 1.96. The normalized spacial score (nSPS) is 12.7. The van der Waals surface area contributed by atoms with Crippen molar-refractivity contribution in [2.45, 2.75) is 20.0 Å². The molecule has 0 aliphatic carbocycles. The Labute approximate surface area is 152 Å². The first kappa shape index (κ1) is 19.2. The van der Waals surface area contributed by atoms with Crippen molar-refractivity contribution < 1.29 is 14.7 Å². The van der Waals surface area contributed by atoms with Gasteiger partial charge in [-0.3, -0.25) is 9.59 Å². The van der Waals surface area contributed by atoms with Crippen molar-refractivity contribution in [3.63, 3.8) is 0 Å². The quantitative estimate of drug-likeness (QED) is 0.640. The van der Waals surface area contributed by atoms with Gasteiger partial charge in [-0.05, 0) is 36.8 Å². The molecule has 2 atom stereocenters. The summed E-state index contributed by atoms with van der Waals surface area (Å²) < 4.78 is 0. The molecule has 0 unspecified atom stereocenters. The molecule has 0 aliphatic heterocycles. The summed E-state index contributed by atoms with van der Waals surface area (Å²) in [6.45, 7) is 7.07. The molecule has 2 aromatic rings. The van der Waals surface area contributed by atoms with Gasteiger partial charge in [0, 0.05) is 17.1 Å². The fraction of sp³-hybridized carbons (Fsp3) is 0.200. The van der Waals surface area contributed by atoms with Crippen molar-refractivity contribution in [1.82, 2.24) is 0 Å². The average molecular weight is 353 g/mol. The van der Waals surface area contributed by atoms with Gasteiger partial charge in [0.15, 0.2) is 0 Å². The second-order valence-corrected chi connectivity index (χ2v) is 6.18. The minimum Gasteiger partial charge on any atom is -0.399 e. The summed E-state index contributed by atoms with van der Waals surface area (Å²) in [5, 5.41) is 15.4. The number of benzene rings is 2. The standard InChI is InChI=1S/C20H23N3O3/c1-12-4-8-16(9-5-12)22-19(25)13(2)18(24)20(26)23-17-10-6-15(7-11-17)14(3)21/h4-11,13,18,24H,3,21H2,1-2H3,(H,22,25)(H,23,26)/t13-,18-/m1/s1. The van der Waals surface area contributed by atoms with Crippen LogP contribution in [0.4, 0.5) is 11.4 Å². The summed E-state index contributed by atoms with van der Waals surface area (Å²) in [4.78, 5) is 24.4. The van der Waals surface area contributed by atoms with Gasteiger partial charge < -0.3 is 21.5 Å². The average Bonchev–Trinajstić information content (AvgIpc) is 2.62.